The summed E-state index contributed by atoms with van der Waals surface area (Å²) in [6.07, 6.45) is 1.17. The Labute approximate surface area is 102 Å². The van der Waals surface area contributed by atoms with Crippen LogP contribution in [0.4, 0.5) is 0 Å². The molecule has 0 spiro atoms. The van der Waals surface area contributed by atoms with Crippen molar-refractivity contribution >= 4 is 8.56 Å². The third-order valence-corrected chi connectivity index (χ3v) is 4.76. The van der Waals surface area contributed by atoms with Crippen molar-refractivity contribution in [3.8, 4) is 0 Å². The molecule has 0 rings (SSSR count). The normalized spacial score (nSPS) is 17.9. The Morgan fingerprint density at radius 1 is 1.31 bits per heavy atom. The largest absolute Gasteiger partial charge is 0.392 e. The highest BCUT2D eigenvalue weighted by Crippen LogP contribution is 2.25. The lowest BCUT2D eigenvalue weighted by molar-refractivity contribution is 0.149. The van der Waals surface area contributed by atoms with Gasteiger partial charge in [-0.05, 0) is 36.9 Å². The molecule has 0 amide bonds. The van der Waals surface area contributed by atoms with E-state index in [1.54, 1.807) is 0 Å². The molecule has 0 N–H and O–H groups in total. The Morgan fingerprint density at radius 3 is 2.25 bits per heavy atom. The highest BCUT2D eigenvalue weighted by molar-refractivity contribution is 6.71. The van der Waals surface area contributed by atoms with Gasteiger partial charge in [-0.25, -0.2) is 0 Å². The molecule has 0 aliphatic heterocycles. The van der Waals surface area contributed by atoms with E-state index in [0.717, 1.165) is 6.61 Å². The second kappa shape index (κ2) is 6.57. The Balaban J connectivity index is 4.07. The molecular formula is C13H28O2Si. The fraction of sp³-hybridized carbons (Fsp3) is 0.846. The maximum Gasteiger partial charge on any atom is 0.361 e. The van der Waals surface area contributed by atoms with Gasteiger partial charge in [0.15, 0.2) is 0 Å². The lowest BCUT2D eigenvalue weighted by atomic mass is 9.86. The van der Waals surface area contributed by atoms with Crippen molar-refractivity contribution in [3.63, 3.8) is 0 Å². The molecule has 0 saturated carbocycles. The van der Waals surface area contributed by atoms with Crippen molar-refractivity contribution in [1.82, 2.24) is 0 Å². The molecule has 0 saturated heterocycles. The molecular weight excluding hydrogens is 216 g/mol. The highest BCUT2D eigenvalue weighted by Gasteiger charge is 2.28. The molecule has 2 unspecified atom stereocenters. The molecule has 0 bridgehead atoms. The van der Waals surface area contributed by atoms with Crippen molar-refractivity contribution in [2.75, 3.05) is 13.2 Å². The molecule has 2 atom stereocenters. The van der Waals surface area contributed by atoms with Gasteiger partial charge in [-0.2, -0.15) is 0 Å². The van der Waals surface area contributed by atoms with Crippen LogP contribution in [-0.4, -0.2) is 21.8 Å². The number of hydrogen-bond acceptors (Lipinski definition) is 2. The van der Waals surface area contributed by atoms with E-state index >= 15 is 0 Å². The Kier molecular flexibility index (Phi) is 6.52. The molecule has 0 aliphatic rings. The van der Waals surface area contributed by atoms with Crippen molar-refractivity contribution in [1.29, 1.82) is 0 Å². The zero-order chi connectivity index (χ0) is 12.8. The van der Waals surface area contributed by atoms with Crippen LogP contribution in [0.5, 0.6) is 0 Å². The smallest absolute Gasteiger partial charge is 0.361 e. The molecule has 0 aromatic rings. The average molecular weight is 244 g/mol. The SMILES string of the molecule is C=C[Si](C)(OCC)OCC(C)CC(C)(C)C. The van der Waals surface area contributed by atoms with Gasteiger partial charge in [0.1, 0.15) is 0 Å². The molecule has 0 heterocycles. The Morgan fingerprint density at radius 2 is 1.88 bits per heavy atom. The Hall–Kier alpha value is -0.123. The van der Waals surface area contributed by atoms with Gasteiger partial charge in [0.05, 0.1) is 0 Å². The third kappa shape index (κ3) is 7.20. The maximum atomic E-state index is 5.93. The second-order valence-electron chi connectivity index (χ2n) is 5.83. The van der Waals surface area contributed by atoms with Crippen LogP contribution < -0.4 is 0 Å². The van der Waals surface area contributed by atoms with E-state index in [1.165, 1.54) is 6.42 Å². The number of rotatable bonds is 7. The van der Waals surface area contributed by atoms with Crippen LogP contribution in [0.3, 0.4) is 0 Å². The fourth-order valence-corrected chi connectivity index (χ4v) is 3.37. The van der Waals surface area contributed by atoms with Crippen LogP contribution >= 0.6 is 0 Å². The summed E-state index contributed by atoms with van der Waals surface area (Å²) >= 11 is 0. The van der Waals surface area contributed by atoms with Crippen LogP contribution in [0.2, 0.25) is 6.55 Å². The monoisotopic (exact) mass is 244 g/mol. The summed E-state index contributed by atoms with van der Waals surface area (Å²) < 4.78 is 11.6. The minimum Gasteiger partial charge on any atom is -0.392 e. The first-order valence-electron chi connectivity index (χ1n) is 6.14. The quantitative estimate of drug-likeness (QED) is 0.632. The van der Waals surface area contributed by atoms with E-state index in [-0.39, 0.29) is 0 Å². The van der Waals surface area contributed by atoms with Gasteiger partial charge in [0.25, 0.3) is 0 Å². The van der Waals surface area contributed by atoms with E-state index < -0.39 is 8.56 Å². The van der Waals surface area contributed by atoms with E-state index in [2.05, 4.69) is 34.3 Å². The van der Waals surface area contributed by atoms with Crippen molar-refractivity contribution in [2.45, 2.75) is 47.6 Å². The number of hydrogen-bond donors (Lipinski definition) is 0. The van der Waals surface area contributed by atoms with Gasteiger partial charge in [0, 0.05) is 13.2 Å². The summed E-state index contributed by atoms with van der Waals surface area (Å²) in [5.74, 6) is 0.562. The van der Waals surface area contributed by atoms with Crippen molar-refractivity contribution in [2.24, 2.45) is 11.3 Å². The predicted molar refractivity (Wildman–Crippen MR) is 72.6 cm³/mol. The molecule has 16 heavy (non-hydrogen) atoms. The minimum absolute atomic E-state index is 0.362. The first-order chi connectivity index (χ1) is 7.22. The van der Waals surface area contributed by atoms with E-state index in [4.69, 9.17) is 8.85 Å². The highest BCUT2D eigenvalue weighted by atomic mass is 28.4. The molecule has 96 valence electrons. The summed E-state index contributed by atoms with van der Waals surface area (Å²) in [5.41, 5.74) is 2.22. The lowest BCUT2D eigenvalue weighted by Crippen LogP contribution is -2.38. The van der Waals surface area contributed by atoms with Gasteiger partial charge in [-0.3, -0.25) is 0 Å². The van der Waals surface area contributed by atoms with E-state index in [9.17, 15) is 0 Å². The van der Waals surface area contributed by atoms with Crippen LogP contribution in [0, 0.1) is 11.3 Å². The van der Waals surface area contributed by atoms with Crippen LogP contribution in [0.1, 0.15) is 41.0 Å². The molecule has 0 aromatic carbocycles. The minimum atomic E-state index is -2.10. The fourth-order valence-electron chi connectivity index (χ4n) is 1.86. The topological polar surface area (TPSA) is 18.5 Å². The van der Waals surface area contributed by atoms with Gasteiger partial charge in [-0.1, -0.05) is 27.7 Å². The standard InChI is InChI=1S/C13H28O2Si/c1-8-14-16(7,9-2)15-11-12(3)10-13(4,5)6/h9,12H,2,8,10-11H2,1,3-7H3. The average Bonchev–Trinajstić information content (AvgIpc) is 2.13. The molecule has 0 fully saturated rings. The summed E-state index contributed by atoms with van der Waals surface area (Å²) in [6.45, 7) is 18.3. The zero-order valence-electron chi connectivity index (χ0n) is 11.8. The van der Waals surface area contributed by atoms with Crippen LogP contribution in [0.15, 0.2) is 12.3 Å². The van der Waals surface area contributed by atoms with E-state index in [1.807, 2.05) is 19.2 Å². The van der Waals surface area contributed by atoms with Gasteiger partial charge in [-0.15, -0.1) is 6.58 Å². The van der Waals surface area contributed by atoms with Crippen molar-refractivity contribution < 1.29 is 8.85 Å². The molecule has 3 heteroatoms. The third-order valence-electron chi connectivity index (χ3n) is 2.42. The first kappa shape index (κ1) is 15.9. The van der Waals surface area contributed by atoms with Crippen LogP contribution in [-0.2, 0) is 8.85 Å². The predicted octanol–water partition coefficient (Wildman–Crippen LogP) is 3.91. The maximum absolute atomic E-state index is 5.93. The lowest BCUT2D eigenvalue weighted by Gasteiger charge is -2.27. The molecule has 2 nitrogen and oxygen atoms in total. The summed E-state index contributed by atoms with van der Waals surface area (Å²) in [7, 11) is -2.10. The first-order valence-corrected chi connectivity index (χ1v) is 8.53. The van der Waals surface area contributed by atoms with E-state index in [0.29, 0.717) is 17.9 Å². The zero-order valence-corrected chi connectivity index (χ0v) is 12.8. The van der Waals surface area contributed by atoms with Gasteiger partial charge < -0.3 is 8.85 Å². The Bertz CT molecular complexity index is 210. The molecule has 0 radical (unpaired) electrons. The van der Waals surface area contributed by atoms with Gasteiger partial charge in [0.2, 0.25) is 0 Å². The second-order valence-corrected chi connectivity index (χ2v) is 8.85. The molecule has 0 aliphatic carbocycles. The summed E-state index contributed by atoms with van der Waals surface area (Å²) in [6, 6.07) is 0. The van der Waals surface area contributed by atoms with Crippen LogP contribution in [0.25, 0.3) is 0 Å². The summed E-state index contributed by atoms with van der Waals surface area (Å²) in [5, 5.41) is 0. The van der Waals surface area contributed by atoms with Crippen molar-refractivity contribution in [3.05, 3.63) is 12.3 Å². The summed E-state index contributed by atoms with van der Waals surface area (Å²) in [4.78, 5) is 0. The van der Waals surface area contributed by atoms with Gasteiger partial charge >= 0.3 is 8.56 Å². The molecule has 0 aromatic heterocycles.